The molecule has 6 nitrogen and oxygen atoms in total. The highest BCUT2D eigenvalue weighted by Crippen LogP contribution is 2.32. The summed E-state index contributed by atoms with van der Waals surface area (Å²) in [7, 11) is 0. The SMILES string of the molecule is CC(NC(=O)c1cc(Cl)cc(C(F)(F)F)c1)c1nc(I)nn1-c1ccc(Cl)cn1. The van der Waals surface area contributed by atoms with Gasteiger partial charge in [0.1, 0.15) is 0 Å². The highest BCUT2D eigenvalue weighted by molar-refractivity contribution is 14.1. The Labute approximate surface area is 186 Å². The van der Waals surface area contributed by atoms with E-state index in [1.807, 2.05) is 22.6 Å². The molecule has 2 aromatic heterocycles. The van der Waals surface area contributed by atoms with Gasteiger partial charge in [-0.1, -0.05) is 23.2 Å². The normalized spacial score (nSPS) is 12.7. The number of rotatable bonds is 4. The molecule has 0 bridgehead atoms. The first-order valence-electron chi connectivity index (χ1n) is 7.97. The summed E-state index contributed by atoms with van der Waals surface area (Å²) < 4.78 is 40.8. The second kappa shape index (κ2) is 8.44. The minimum Gasteiger partial charge on any atom is -0.342 e. The Balaban J connectivity index is 1.88. The van der Waals surface area contributed by atoms with Crippen molar-refractivity contribution in [3.63, 3.8) is 0 Å². The molecule has 0 saturated carbocycles. The van der Waals surface area contributed by atoms with Crippen molar-refractivity contribution in [1.82, 2.24) is 25.1 Å². The van der Waals surface area contributed by atoms with Crippen molar-refractivity contribution in [2.24, 2.45) is 0 Å². The maximum Gasteiger partial charge on any atom is 0.416 e. The van der Waals surface area contributed by atoms with Gasteiger partial charge in [-0.15, -0.1) is 5.10 Å². The van der Waals surface area contributed by atoms with Crippen molar-refractivity contribution in [3.05, 3.63) is 67.4 Å². The molecule has 0 aliphatic heterocycles. The van der Waals surface area contributed by atoms with E-state index in [0.717, 1.165) is 18.2 Å². The van der Waals surface area contributed by atoms with Crippen LogP contribution in [0.3, 0.4) is 0 Å². The number of carbonyl (C=O) groups is 1. The maximum atomic E-state index is 13.0. The average molecular weight is 556 g/mol. The fourth-order valence-corrected chi connectivity index (χ4v) is 3.28. The minimum absolute atomic E-state index is 0.194. The lowest BCUT2D eigenvalue weighted by molar-refractivity contribution is -0.137. The van der Waals surface area contributed by atoms with Crippen molar-refractivity contribution < 1.29 is 18.0 Å². The Bertz CT molecular complexity index is 1060. The second-order valence-electron chi connectivity index (χ2n) is 5.91. The van der Waals surface area contributed by atoms with Crippen LogP contribution in [0.5, 0.6) is 0 Å². The zero-order chi connectivity index (χ0) is 21.3. The Kier molecular flexibility index (Phi) is 6.34. The molecule has 1 N–H and O–H groups in total. The second-order valence-corrected chi connectivity index (χ2v) is 7.74. The van der Waals surface area contributed by atoms with Crippen LogP contribution in [0.4, 0.5) is 13.2 Å². The maximum absolute atomic E-state index is 13.0. The smallest absolute Gasteiger partial charge is 0.342 e. The molecular formula is C17H11Cl2F3IN5O. The number of hydrogen-bond donors (Lipinski definition) is 1. The van der Waals surface area contributed by atoms with E-state index in [4.69, 9.17) is 23.2 Å². The molecule has 2 heterocycles. The van der Waals surface area contributed by atoms with Crippen LogP contribution in [-0.2, 0) is 6.18 Å². The highest BCUT2D eigenvalue weighted by Gasteiger charge is 2.32. The topological polar surface area (TPSA) is 72.7 Å². The first-order valence-corrected chi connectivity index (χ1v) is 9.81. The number of carbonyl (C=O) groups excluding carboxylic acids is 1. The molecule has 29 heavy (non-hydrogen) atoms. The number of benzene rings is 1. The van der Waals surface area contributed by atoms with E-state index in [-0.39, 0.29) is 10.6 Å². The summed E-state index contributed by atoms with van der Waals surface area (Å²) in [6, 6.07) is 5.21. The Morgan fingerprint density at radius 3 is 2.55 bits per heavy atom. The highest BCUT2D eigenvalue weighted by atomic mass is 127. The summed E-state index contributed by atoms with van der Waals surface area (Å²) in [5.41, 5.74) is -1.23. The average Bonchev–Trinajstić information content (AvgIpc) is 3.03. The molecule has 1 atom stereocenters. The van der Waals surface area contributed by atoms with Crippen molar-refractivity contribution in [1.29, 1.82) is 0 Å². The van der Waals surface area contributed by atoms with Crippen molar-refractivity contribution in [2.75, 3.05) is 0 Å². The Morgan fingerprint density at radius 1 is 1.21 bits per heavy atom. The molecule has 1 amide bonds. The van der Waals surface area contributed by atoms with Gasteiger partial charge in [0.25, 0.3) is 5.91 Å². The molecule has 3 rings (SSSR count). The van der Waals surface area contributed by atoms with Crippen LogP contribution in [0.25, 0.3) is 5.82 Å². The third-order valence-electron chi connectivity index (χ3n) is 3.76. The fourth-order valence-electron chi connectivity index (χ4n) is 2.47. The monoisotopic (exact) mass is 555 g/mol. The quantitative estimate of drug-likeness (QED) is 0.456. The number of nitrogens with zero attached hydrogens (tertiary/aromatic N) is 4. The molecule has 3 aromatic rings. The van der Waals surface area contributed by atoms with Gasteiger partial charge in [0.2, 0.25) is 3.83 Å². The zero-order valence-electron chi connectivity index (χ0n) is 14.5. The van der Waals surface area contributed by atoms with Gasteiger partial charge in [-0.25, -0.2) is 9.97 Å². The predicted octanol–water partition coefficient (Wildman–Crippen LogP) is 5.08. The number of halogens is 6. The van der Waals surface area contributed by atoms with Crippen LogP contribution in [0, 0.1) is 3.83 Å². The van der Waals surface area contributed by atoms with Crippen molar-refractivity contribution in [2.45, 2.75) is 19.1 Å². The predicted molar refractivity (Wildman–Crippen MR) is 109 cm³/mol. The van der Waals surface area contributed by atoms with Gasteiger partial charge in [0, 0.05) is 39.4 Å². The molecule has 0 fully saturated rings. The van der Waals surface area contributed by atoms with Gasteiger partial charge in [0.05, 0.1) is 16.6 Å². The Hall–Kier alpha value is -1.92. The van der Waals surface area contributed by atoms with Gasteiger partial charge in [-0.05, 0) is 37.3 Å². The standard InChI is InChI=1S/C17H11Cl2F3IN5O/c1-8(14-26-16(23)27-28(14)13-3-2-11(18)7-24-13)25-15(29)9-4-10(17(20,21)22)6-12(19)5-9/h2-8H,1H3,(H,25,29). The van der Waals surface area contributed by atoms with Gasteiger partial charge in [0.15, 0.2) is 11.6 Å². The van der Waals surface area contributed by atoms with Crippen LogP contribution in [0.15, 0.2) is 36.5 Å². The molecule has 1 unspecified atom stereocenters. The number of hydrogen-bond acceptors (Lipinski definition) is 4. The first-order chi connectivity index (χ1) is 13.5. The molecule has 0 aliphatic carbocycles. The summed E-state index contributed by atoms with van der Waals surface area (Å²) in [5.74, 6) is 0.0257. The van der Waals surface area contributed by atoms with Gasteiger partial charge in [-0.2, -0.15) is 17.9 Å². The largest absolute Gasteiger partial charge is 0.416 e. The van der Waals surface area contributed by atoms with Crippen molar-refractivity contribution >= 4 is 51.7 Å². The van der Waals surface area contributed by atoms with E-state index in [1.54, 1.807) is 19.1 Å². The van der Waals surface area contributed by atoms with E-state index in [9.17, 15) is 18.0 Å². The minimum atomic E-state index is -4.62. The number of pyridine rings is 1. The lowest BCUT2D eigenvalue weighted by Crippen LogP contribution is -2.29. The van der Waals surface area contributed by atoms with Gasteiger partial charge in [-0.3, -0.25) is 4.79 Å². The lowest BCUT2D eigenvalue weighted by atomic mass is 10.1. The lowest BCUT2D eigenvalue weighted by Gasteiger charge is -2.15. The first kappa shape index (κ1) is 21.8. The van der Waals surface area contributed by atoms with Crippen LogP contribution >= 0.6 is 45.8 Å². The van der Waals surface area contributed by atoms with Crippen LogP contribution in [-0.4, -0.2) is 25.7 Å². The number of amides is 1. The zero-order valence-corrected chi connectivity index (χ0v) is 18.2. The summed E-state index contributed by atoms with van der Waals surface area (Å²) in [4.78, 5) is 21.0. The van der Waals surface area contributed by atoms with Crippen LogP contribution in [0.2, 0.25) is 10.0 Å². The van der Waals surface area contributed by atoms with Crippen LogP contribution < -0.4 is 5.32 Å². The van der Waals surface area contributed by atoms with E-state index in [2.05, 4.69) is 20.4 Å². The third-order valence-corrected chi connectivity index (χ3v) is 4.66. The van der Waals surface area contributed by atoms with Gasteiger partial charge >= 0.3 is 6.18 Å². The summed E-state index contributed by atoms with van der Waals surface area (Å²) in [5, 5.41) is 7.09. The molecule has 152 valence electrons. The van der Waals surface area contributed by atoms with Crippen molar-refractivity contribution in [3.8, 4) is 5.82 Å². The van der Waals surface area contributed by atoms with E-state index in [0.29, 0.717) is 20.5 Å². The van der Waals surface area contributed by atoms with E-state index in [1.165, 1.54) is 10.9 Å². The van der Waals surface area contributed by atoms with Crippen LogP contribution in [0.1, 0.15) is 34.7 Å². The third kappa shape index (κ3) is 5.17. The molecule has 0 spiro atoms. The number of aromatic nitrogens is 4. The number of alkyl halides is 3. The summed E-state index contributed by atoms with van der Waals surface area (Å²) >= 11 is 13.5. The summed E-state index contributed by atoms with van der Waals surface area (Å²) in [6.45, 7) is 1.62. The van der Waals surface area contributed by atoms with E-state index < -0.39 is 23.7 Å². The molecule has 0 saturated heterocycles. The van der Waals surface area contributed by atoms with Gasteiger partial charge < -0.3 is 5.32 Å². The fraction of sp³-hybridized carbons (Fsp3) is 0.176. The molecular weight excluding hydrogens is 545 g/mol. The number of nitrogens with one attached hydrogen (secondary N) is 1. The summed E-state index contributed by atoms with van der Waals surface area (Å²) in [6.07, 6.45) is -3.19. The Morgan fingerprint density at radius 2 is 1.93 bits per heavy atom. The van der Waals surface area contributed by atoms with E-state index >= 15 is 0 Å². The molecule has 1 aromatic carbocycles. The molecule has 0 aliphatic rings. The molecule has 0 radical (unpaired) electrons. The molecule has 12 heteroatoms.